The lowest BCUT2D eigenvalue weighted by Gasteiger charge is -2.11. The number of nitrogens with one attached hydrogen (secondary N) is 3. The van der Waals surface area contributed by atoms with Gasteiger partial charge in [0.15, 0.2) is 0 Å². The minimum Gasteiger partial charge on any atom is -0.338 e. The molecule has 0 bridgehead atoms. The average molecular weight is 213 g/mol. The van der Waals surface area contributed by atoms with Crippen LogP contribution in [0.5, 0.6) is 0 Å². The molecule has 15 heavy (non-hydrogen) atoms. The van der Waals surface area contributed by atoms with Gasteiger partial charge in [0, 0.05) is 19.1 Å². The van der Waals surface area contributed by atoms with Gasteiger partial charge in [0.2, 0.25) is 0 Å². The molecule has 1 heterocycles. The maximum Gasteiger partial charge on any atom is 0.314 e. The summed E-state index contributed by atoms with van der Waals surface area (Å²) in [4.78, 5) is 11.2. The van der Waals surface area contributed by atoms with Gasteiger partial charge >= 0.3 is 6.03 Å². The van der Waals surface area contributed by atoms with E-state index in [0.29, 0.717) is 6.04 Å². The molecule has 3 N–H and O–H groups in total. The fraction of sp³-hybridized carbons (Fsp3) is 0.909. The highest BCUT2D eigenvalue weighted by Crippen LogP contribution is 2.07. The predicted molar refractivity (Wildman–Crippen MR) is 62.0 cm³/mol. The summed E-state index contributed by atoms with van der Waals surface area (Å²) in [6, 6.07) is 0.586. The average Bonchev–Trinajstić information content (AvgIpc) is 2.71. The van der Waals surface area contributed by atoms with E-state index in [4.69, 9.17) is 0 Å². The van der Waals surface area contributed by atoms with Gasteiger partial charge in [0.1, 0.15) is 0 Å². The summed E-state index contributed by atoms with van der Waals surface area (Å²) in [5.74, 6) is 0. The van der Waals surface area contributed by atoms with Crippen LogP contribution in [0.15, 0.2) is 0 Å². The Labute approximate surface area is 92.2 Å². The number of carbonyl (C=O) groups is 1. The molecule has 4 heteroatoms. The van der Waals surface area contributed by atoms with E-state index in [-0.39, 0.29) is 6.03 Å². The van der Waals surface area contributed by atoms with E-state index in [1.165, 1.54) is 12.8 Å². The normalized spacial score (nSPS) is 20.2. The summed E-state index contributed by atoms with van der Waals surface area (Å²) in [5.41, 5.74) is 0. The standard InChI is InChI=1S/C11H23N3O/c1-2-3-7-13-11(15)14-9-6-10-5-4-8-12-10/h10,12H,2-9H2,1H3,(H2,13,14,15). The van der Waals surface area contributed by atoms with Crippen LogP contribution in [-0.4, -0.2) is 31.7 Å². The summed E-state index contributed by atoms with van der Waals surface area (Å²) >= 11 is 0. The molecule has 1 saturated heterocycles. The highest BCUT2D eigenvalue weighted by atomic mass is 16.2. The van der Waals surface area contributed by atoms with Gasteiger partial charge in [-0.3, -0.25) is 0 Å². The Morgan fingerprint density at radius 1 is 1.40 bits per heavy atom. The van der Waals surface area contributed by atoms with Crippen LogP contribution >= 0.6 is 0 Å². The lowest BCUT2D eigenvalue weighted by molar-refractivity contribution is 0.240. The van der Waals surface area contributed by atoms with Gasteiger partial charge < -0.3 is 16.0 Å². The molecule has 1 unspecified atom stereocenters. The quantitative estimate of drug-likeness (QED) is 0.581. The van der Waals surface area contributed by atoms with Crippen molar-refractivity contribution in [3.05, 3.63) is 0 Å². The molecule has 0 aromatic rings. The van der Waals surface area contributed by atoms with Crippen LogP contribution < -0.4 is 16.0 Å². The van der Waals surface area contributed by atoms with Gasteiger partial charge in [-0.1, -0.05) is 13.3 Å². The fourth-order valence-corrected chi connectivity index (χ4v) is 1.80. The van der Waals surface area contributed by atoms with Crippen molar-refractivity contribution in [2.75, 3.05) is 19.6 Å². The van der Waals surface area contributed by atoms with Gasteiger partial charge in [0.05, 0.1) is 0 Å². The zero-order valence-electron chi connectivity index (χ0n) is 9.64. The Balaban J connectivity index is 1.91. The van der Waals surface area contributed by atoms with E-state index >= 15 is 0 Å². The van der Waals surface area contributed by atoms with E-state index in [0.717, 1.165) is 38.9 Å². The van der Waals surface area contributed by atoms with Crippen molar-refractivity contribution >= 4 is 6.03 Å². The summed E-state index contributed by atoms with van der Waals surface area (Å²) in [5, 5.41) is 9.13. The van der Waals surface area contributed by atoms with Crippen molar-refractivity contribution in [2.45, 2.75) is 45.1 Å². The summed E-state index contributed by atoms with van der Waals surface area (Å²) in [7, 11) is 0. The van der Waals surface area contributed by atoms with E-state index < -0.39 is 0 Å². The molecular weight excluding hydrogens is 190 g/mol. The second-order valence-electron chi connectivity index (χ2n) is 4.12. The van der Waals surface area contributed by atoms with Crippen LogP contribution in [0.2, 0.25) is 0 Å². The molecule has 4 nitrogen and oxygen atoms in total. The van der Waals surface area contributed by atoms with Gasteiger partial charge in [-0.2, -0.15) is 0 Å². The molecule has 0 aliphatic carbocycles. The number of amides is 2. The summed E-state index contributed by atoms with van der Waals surface area (Å²) in [6.45, 7) is 4.80. The van der Waals surface area contributed by atoms with E-state index in [2.05, 4.69) is 22.9 Å². The zero-order chi connectivity index (χ0) is 10.9. The molecule has 1 rings (SSSR count). The Bertz CT molecular complexity index is 179. The highest BCUT2D eigenvalue weighted by molar-refractivity contribution is 5.73. The first kappa shape index (κ1) is 12.3. The van der Waals surface area contributed by atoms with Gasteiger partial charge in [-0.05, 0) is 32.2 Å². The molecule has 0 aromatic heterocycles. The summed E-state index contributed by atoms with van der Waals surface area (Å²) < 4.78 is 0. The molecule has 88 valence electrons. The number of unbranched alkanes of at least 4 members (excludes halogenated alkanes) is 1. The fourth-order valence-electron chi connectivity index (χ4n) is 1.80. The third kappa shape index (κ3) is 5.62. The van der Waals surface area contributed by atoms with Crippen LogP contribution in [0.3, 0.4) is 0 Å². The molecule has 0 spiro atoms. The Hall–Kier alpha value is -0.770. The maximum atomic E-state index is 11.2. The predicted octanol–water partition coefficient (Wildman–Crippen LogP) is 1.23. The van der Waals surface area contributed by atoms with Crippen LogP contribution in [-0.2, 0) is 0 Å². The largest absolute Gasteiger partial charge is 0.338 e. The van der Waals surface area contributed by atoms with Crippen LogP contribution in [0.4, 0.5) is 4.79 Å². The SMILES string of the molecule is CCCCNC(=O)NCCC1CCCN1. The Kier molecular flexibility index (Phi) is 6.16. The first-order valence-corrected chi connectivity index (χ1v) is 6.08. The van der Waals surface area contributed by atoms with Crippen molar-refractivity contribution < 1.29 is 4.79 Å². The number of rotatable bonds is 6. The van der Waals surface area contributed by atoms with E-state index in [1.54, 1.807) is 0 Å². The molecule has 1 fully saturated rings. The summed E-state index contributed by atoms with van der Waals surface area (Å²) in [6.07, 6.45) is 5.73. The lowest BCUT2D eigenvalue weighted by Crippen LogP contribution is -2.38. The first-order valence-electron chi connectivity index (χ1n) is 6.08. The number of hydrogen-bond acceptors (Lipinski definition) is 2. The monoisotopic (exact) mass is 213 g/mol. The molecule has 0 aromatic carbocycles. The molecule has 2 amide bonds. The minimum absolute atomic E-state index is 0.0264. The Morgan fingerprint density at radius 3 is 2.87 bits per heavy atom. The Morgan fingerprint density at radius 2 is 2.20 bits per heavy atom. The van der Waals surface area contributed by atoms with Crippen molar-refractivity contribution in [1.29, 1.82) is 0 Å². The molecule has 1 atom stereocenters. The van der Waals surface area contributed by atoms with Crippen molar-refractivity contribution in [3.8, 4) is 0 Å². The van der Waals surface area contributed by atoms with Crippen molar-refractivity contribution in [1.82, 2.24) is 16.0 Å². The van der Waals surface area contributed by atoms with E-state index in [9.17, 15) is 4.79 Å². The third-order valence-electron chi connectivity index (χ3n) is 2.76. The van der Waals surface area contributed by atoms with Gasteiger partial charge in [0.25, 0.3) is 0 Å². The molecular formula is C11H23N3O. The zero-order valence-corrected chi connectivity index (χ0v) is 9.64. The van der Waals surface area contributed by atoms with Crippen molar-refractivity contribution in [3.63, 3.8) is 0 Å². The molecule has 0 radical (unpaired) electrons. The topological polar surface area (TPSA) is 53.2 Å². The first-order chi connectivity index (χ1) is 7.33. The molecule has 1 aliphatic heterocycles. The number of urea groups is 1. The molecule has 0 saturated carbocycles. The maximum absolute atomic E-state index is 11.2. The number of hydrogen-bond donors (Lipinski definition) is 3. The van der Waals surface area contributed by atoms with Crippen LogP contribution in [0.1, 0.15) is 39.0 Å². The molecule has 1 aliphatic rings. The lowest BCUT2D eigenvalue weighted by atomic mass is 10.1. The third-order valence-corrected chi connectivity index (χ3v) is 2.76. The smallest absolute Gasteiger partial charge is 0.314 e. The number of carbonyl (C=O) groups excluding carboxylic acids is 1. The minimum atomic E-state index is -0.0264. The van der Waals surface area contributed by atoms with Gasteiger partial charge in [-0.25, -0.2) is 4.79 Å². The van der Waals surface area contributed by atoms with E-state index in [1.807, 2.05) is 0 Å². The second kappa shape index (κ2) is 7.51. The van der Waals surface area contributed by atoms with Crippen LogP contribution in [0, 0.1) is 0 Å². The highest BCUT2D eigenvalue weighted by Gasteiger charge is 2.13. The van der Waals surface area contributed by atoms with Crippen molar-refractivity contribution in [2.24, 2.45) is 0 Å². The van der Waals surface area contributed by atoms with Gasteiger partial charge in [-0.15, -0.1) is 0 Å². The second-order valence-corrected chi connectivity index (χ2v) is 4.12. The van der Waals surface area contributed by atoms with Crippen LogP contribution in [0.25, 0.3) is 0 Å².